The van der Waals surface area contributed by atoms with E-state index in [1.54, 1.807) is 7.11 Å². The van der Waals surface area contributed by atoms with Crippen LogP contribution in [0.1, 0.15) is 31.4 Å². The molecule has 0 saturated carbocycles. The molecule has 1 aliphatic rings. The molecule has 3 N–H and O–H groups in total. The number of nitrogens with two attached hydrogens (primary N) is 1. The summed E-state index contributed by atoms with van der Waals surface area (Å²) in [5, 5.41) is 3.17. The molecule has 0 spiro atoms. The third-order valence-corrected chi connectivity index (χ3v) is 4.68. The summed E-state index contributed by atoms with van der Waals surface area (Å²) in [5.41, 5.74) is 7.24. The summed E-state index contributed by atoms with van der Waals surface area (Å²) in [4.78, 5) is 14.8. The van der Waals surface area contributed by atoms with Gasteiger partial charge in [-0.25, -0.2) is 0 Å². The van der Waals surface area contributed by atoms with E-state index < -0.39 is 0 Å². The fourth-order valence-electron chi connectivity index (χ4n) is 2.98. The van der Waals surface area contributed by atoms with Gasteiger partial charge in [-0.05, 0) is 18.4 Å². The highest BCUT2D eigenvalue weighted by Gasteiger charge is 2.26. The lowest BCUT2D eigenvalue weighted by Gasteiger charge is -2.33. The van der Waals surface area contributed by atoms with E-state index in [0.29, 0.717) is 0 Å². The number of methoxy groups -OCH3 is 1. The number of hydrogen-bond donors (Lipinski definition) is 2. The Morgan fingerprint density at radius 3 is 2.44 bits per heavy atom. The van der Waals surface area contributed by atoms with Crippen LogP contribution in [0, 0.1) is 5.92 Å². The molecule has 1 fully saturated rings. The molecule has 2 atom stereocenters. The molecule has 25 heavy (non-hydrogen) atoms. The average Bonchev–Trinajstić information content (AvgIpc) is 2.60. The van der Waals surface area contributed by atoms with E-state index >= 15 is 0 Å². The summed E-state index contributed by atoms with van der Waals surface area (Å²) in [6.07, 6.45) is 1.98. The van der Waals surface area contributed by atoms with Crippen LogP contribution >= 0.6 is 24.8 Å². The van der Waals surface area contributed by atoms with Crippen molar-refractivity contribution >= 4 is 30.7 Å². The van der Waals surface area contributed by atoms with E-state index in [9.17, 15) is 4.79 Å². The van der Waals surface area contributed by atoms with Crippen molar-refractivity contribution in [2.75, 3.05) is 33.4 Å². The zero-order valence-corrected chi connectivity index (χ0v) is 16.7. The SMILES string of the molecule is COCCN1CCC(NC(=O)C(C)C(N)c2ccccc2)CC1.Cl.Cl. The van der Waals surface area contributed by atoms with E-state index in [1.165, 1.54) is 0 Å². The lowest BCUT2D eigenvalue weighted by molar-refractivity contribution is -0.126. The lowest BCUT2D eigenvalue weighted by atomic mass is 9.94. The molecule has 2 unspecified atom stereocenters. The third kappa shape index (κ3) is 7.50. The van der Waals surface area contributed by atoms with Gasteiger partial charge in [-0.1, -0.05) is 37.3 Å². The van der Waals surface area contributed by atoms with E-state index in [0.717, 1.165) is 44.6 Å². The normalized spacial score (nSPS) is 17.7. The Morgan fingerprint density at radius 2 is 1.88 bits per heavy atom. The van der Waals surface area contributed by atoms with Crippen LogP contribution in [0.5, 0.6) is 0 Å². The Balaban J connectivity index is 0.00000288. The fourth-order valence-corrected chi connectivity index (χ4v) is 2.98. The Morgan fingerprint density at radius 1 is 1.28 bits per heavy atom. The number of halogens is 2. The van der Waals surface area contributed by atoms with E-state index in [4.69, 9.17) is 10.5 Å². The van der Waals surface area contributed by atoms with E-state index in [-0.39, 0.29) is 48.7 Å². The lowest BCUT2D eigenvalue weighted by Crippen LogP contribution is -2.47. The highest BCUT2D eigenvalue weighted by Crippen LogP contribution is 2.20. The summed E-state index contributed by atoms with van der Waals surface area (Å²) in [6, 6.07) is 9.80. The van der Waals surface area contributed by atoms with Gasteiger partial charge in [-0.3, -0.25) is 4.79 Å². The van der Waals surface area contributed by atoms with Crippen LogP contribution in [0.15, 0.2) is 30.3 Å². The highest BCUT2D eigenvalue weighted by molar-refractivity contribution is 5.85. The zero-order chi connectivity index (χ0) is 16.7. The van der Waals surface area contributed by atoms with Crippen LogP contribution in [-0.2, 0) is 9.53 Å². The summed E-state index contributed by atoms with van der Waals surface area (Å²) in [5.74, 6) is -0.180. The number of amides is 1. The van der Waals surface area contributed by atoms with Gasteiger partial charge in [0.25, 0.3) is 0 Å². The highest BCUT2D eigenvalue weighted by atomic mass is 35.5. The van der Waals surface area contributed by atoms with Gasteiger partial charge >= 0.3 is 0 Å². The van der Waals surface area contributed by atoms with Crippen molar-refractivity contribution in [1.29, 1.82) is 0 Å². The van der Waals surface area contributed by atoms with Crippen molar-refractivity contribution in [2.24, 2.45) is 11.7 Å². The molecule has 2 rings (SSSR count). The van der Waals surface area contributed by atoms with Crippen molar-refractivity contribution in [2.45, 2.75) is 31.8 Å². The summed E-state index contributed by atoms with van der Waals surface area (Å²) < 4.78 is 5.11. The second-order valence-corrected chi connectivity index (χ2v) is 6.34. The van der Waals surface area contributed by atoms with Gasteiger partial charge in [0.2, 0.25) is 5.91 Å². The first-order valence-electron chi connectivity index (χ1n) is 8.44. The molecule has 0 radical (unpaired) electrons. The molecule has 1 aromatic carbocycles. The number of carbonyl (C=O) groups is 1. The molecule has 144 valence electrons. The number of hydrogen-bond acceptors (Lipinski definition) is 4. The Hall–Kier alpha value is -0.850. The number of benzene rings is 1. The van der Waals surface area contributed by atoms with Crippen LogP contribution in [0.3, 0.4) is 0 Å². The molecule has 1 saturated heterocycles. The fraction of sp³-hybridized carbons (Fsp3) is 0.611. The van der Waals surface area contributed by atoms with Gasteiger partial charge in [0.1, 0.15) is 0 Å². The van der Waals surface area contributed by atoms with Gasteiger partial charge in [0.05, 0.1) is 12.5 Å². The molecule has 0 aliphatic carbocycles. The maximum absolute atomic E-state index is 12.5. The first-order chi connectivity index (χ1) is 11.1. The van der Waals surface area contributed by atoms with Crippen molar-refractivity contribution < 1.29 is 9.53 Å². The van der Waals surface area contributed by atoms with Gasteiger partial charge in [-0.15, -0.1) is 24.8 Å². The third-order valence-electron chi connectivity index (χ3n) is 4.68. The van der Waals surface area contributed by atoms with Gasteiger partial charge in [-0.2, -0.15) is 0 Å². The van der Waals surface area contributed by atoms with Crippen LogP contribution in [0.25, 0.3) is 0 Å². The predicted molar refractivity (Wildman–Crippen MR) is 107 cm³/mol. The first kappa shape index (κ1) is 24.1. The Labute approximate surface area is 163 Å². The van der Waals surface area contributed by atoms with Gasteiger partial charge in [0, 0.05) is 38.8 Å². The number of piperidine rings is 1. The van der Waals surface area contributed by atoms with Crippen LogP contribution in [-0.4, -0.2) is 50.2 Å². The second-order valence-electron chi connectivity index (χ2n) is 6.34. The summed E-state index contributed by atoms with van der Waals surface area (Å²) in [7, 11) is 1.73. The second kappa shape index (κ2) is 12.5. The van der Waals surface area contributed by atoms with Crippen molar-refractivity contribution in [3.8, 4) is 0 Å². The molecule has 5 nitrogen and oxygen atoms in total. The number of rotatable bonds is 7. The number of nitrogens with zero attached hydrogens (tertiary/aromatic N) is 1. The van der Waals surface area contributed by atoms with Crippen LogP contribution in [0.4, 0.5) is 0 Å². The average molecular weight is 392 g/mol. The molecule has 1 aliphatic heterocycles. The minimum Gasteiger partial charge on any atom is -0.383 e. The van der Waals surface area contributed by atoms with Crippen molar-refractivity contribution in [3.05, 3.63) is 35.9 Å². The quantitative estimate of drug-likeness (QED) is 0.748. The minimum atomic E-state index is -0.266. The summed E-state index contributed by atoms with van der Waals surface area (Å²) >= 11 is 0. The zero-order valence-electron chi connectivity index (χ0n) is 15.0. The molecule has 1 aromatic rings. The summed E-state index contributed by atoms with van der Waals surface area (Å²) in [6.45, 7) is 5.65. The molecule has 0 bridgehead atoms. The number of ether oxygens (including phenoxy) is 1. The molecule has 1 amide bonds. The van der Waals surface area contributed by atoms with Crippen LogP contribution in [0.2, 0.25) is 0 Å². The maximum atomic E-state index is 12.5. The smallest absolute Gasteiger partial charge is 0.224 e. The molecule has 0 aromatic heterocycles. The number of nitrogens with one attached hydrogen (secondary N) is 1. The van der Waals surface area contributed by atoms with Crippen molar-refractivity contribution in [3.63, 3.8) is 0 Å². The standard InChI is InChI=1S/C18H29N3O2.2ClH/c1-14(17(19)15-6-4-3-5-7-15)18(22)20-16-8-10-21(11-9-16)12-13-23-2;;/h3-7,14,16-17H,8-13,19H2,1-2H3,(H,20,22);2*1H. The molecular formula is C18H31Cl2N3O2. The number of carbonyl (C=O) groups excluding carboxylic acids is 1. The molecular weight excluding hydrogens is 361 g/mol. The topological polar surface area (TPSA) is 67.6 Å². The largest absolute Gasteiger partial charge is 0.383 e. The van der Waals surface area contributed by atoms with Crippen molar-refractivity contribution in [1.82, 2.24) is 10.2 Å². The number of likely N-dealkylation sites (tertiary alicyclic amines) is 1. The maximum Gasteiger partial charge on any atom is 0.224 e. The van der Waals surface area contributed by atoms with Gasteiger partial charge in [0.15, 0.2) is 0 Å². The first-order valence-corrected chi connectivity index (χ1v) is 8.44. The monoisotopic (exact) mass is 391 g/mol. The molecule has 7 heteroatoms. The van der Waals surface area contributed by atoms with Crippen LogP contribution < -0.4 is 11.1 Å². The Kier molecular flexibility index (Phi) is 12.1. The Bertz CT molecular complexity index is 482. The molecule has 1 heterocycles. The van der Waals surface area contributed by atoms with Gasteiger partial charge < -0.3 is 20.7 Å². The minimum absolute atomic E-state index is 0. The van der Waals surface area contributed by atoms with E-state index in [1.807, 2.05) is 37.3 Å². The van der Waals surface area contributed by atoms with E-state index in [2.05, 4.69) is 10.2 Å². The predicted octanol–water partition coefficient (Wildman–Crippen LogP) is 2.39.